The lowest BCUT2D eigenvalue weighted by Gasteiger charge is -2.13. The zero-order chi connectivity index (χ0) is 17.3. The van der Waals surface area contributed by atoms with Crippen LogP contribution in [0.15, 0.2) is 40.9 Å². The Morgan fingerprint density at radius 2 is 1.96 bits per heavy atom. The van der Waals surface area contributed by atoms with Gasteiger partial charge in [0.1, 0.15) is 5.75 Å². The zero-order valence-corrected chi connectivity index (χ0v) is 16.0. The number of nitrogens with zero attached hydrogens (tertiary/aromatic N) is 1. The van der Waals surface area contributed by atoms with Gasteiger partial charge in [0.2, 0.25) is 0 Å². The number of amides is 1. The standard InChI is InChI=1S/C18H17BrN2O2S/c1-10-8-11(2)16-15(9-10)24-18(20-16)21-17(22)12(3)23-14-6-4-13(19)5-7-14/h4-9,12H,1-3H3,(H,20,21,22). The number of halogens is 1. The fraction of sp³-hybridized carbons (Fsp3) is 0.222. The Balaban J connectivity index is 1.72. The number of rotatable bonds is 4. The van der Waals surface area contributed by atoms with Crippen molar-refractivity contribution in [2.45, 2.75) is 26.9 Å². The number of aryl methyl sites for hydroxylation is 2. The first kappa shape index (κ1) is 16.9. The summed E-state index contributed by atoms with van der Waals surface area (Å²) in [6.45, 7) is 5.80. The van der Waals surface area contributed by atoms with E-state index >= 15 is 0 Å². The molecule has 0 aliphatic heterocycles. The van der Waals surface area contributed by atoms with Gasteiger partial charge in [0.05, 0.1) is 10.2 Å². The van der Waals surface area contributed by atoms with Gasteiger partial charge in [-0.15, -0.1) is 0 Å². The van der Waals surface area contributed by atoms with Gasteiger partial charge >= 0.3 is 0 Å². The molecular weight excluding hydrogens is 388 g/mol. The fourth-order valence-corrected chi connectivity index (χ4v) is 3.71. The smallest absolute Gasteiger partial charge is 0.266 e. The average molecular weight is 405 g/mol. The molecule has 1 unspecified atom stereocenters. The lowest BCUT2D eigenvalue weighted by molar-refractivity contribution is -0.122. The molecule has 1 N–H and O–H groups in total. The third-order valence-corrected chi connectivity index (χ3v) is 5.00. The van der Waals surface area contributed by atoms with Crippen molar-refractivity contribution in [3.05, 3.63) is 52.0 Å². The molecule has 2 aromatic carbocycles. The van der Waals surface area contributed by atoms with Crippen LogP contribution in [-0.2, 0) is 4.79 Å². The number of hydrogen-bond acceptors (Lipinski definition) is 4. The summed E-state index contributed by atoms with van der Waals surface area (Å²) in [5.74, 6) is 0.433. The van der Waals surface area contributed by atoms with Gasteiger partial charge in [0, 0.05) is 4.47 Å². The number of nitrogens with one attached hydrogen (secondary N) is 1. The first-order chi connectivity index (χ1) is 11.4. The molecule has 0 fully saturated rings. The second kappa shape index (κ2) is 6.91. The molecule has 1 atom stereocenters. The van der Waals surface area contributed by atoms with E-state index in [2.05, 4.69) is 45.3 Å². The van der Waals surface area contributed by atoms with Crippen LogP contribution < -0.4 is 10.1 Å². The summed E-state index contributed by atoms with van der Waals surface area (Å²) in [6, 6.07) is 11.6. The SMILES string of the molecule is Cc1cc(C)c2nc(NC(=O)C(C)Oc3ccc(Br)cc3)sc2c1. The normalized spacial score (nSPS) is 12.2. The number of carbonyl (C=O) groups excluding carboxylic acids is 1. The molecule has 0 saturated heterocycles. The van der Waals surface area contributed by atoms with E-state index in [9.17, 15) is 4.79 Å². The zero-order valence-electron chi connectivity index (χ0n) is 13.6. The lowest BCUT2D eigenvalue weighted by Crippen LogP contribution is -2.30. The van der Waals surface area contributed by atoms with Crippen LogP contribution in [-0.4, -0.2) is 17.0 Å². The first-order valence-electron chi connectivity index (χ1n) is 7.53. The summed E-state index contributed by atoms with van der Waals surface area (Å²) >= 11 is 4.85. The van der Waals surface area contributed by atoms with Crippen LogP contribution >= 0.6 is 27.3 Å². The molecule has 4 nitrogen and oxygen atoms in total. The van der Waals surface area contributed by atoms with Crippen LogP contribution in [0.2, 0.25) is 0 Å². The molecule has 0 radical (unpaired) electrons. The molecule has 0 spiro atoms. The predicted octanol–water partition coefficient (Wildman–Crippen LogP) is 5.08. The maximum Gasteiger partial charge on any atom is 0.266 e. The topological polar surface area (TPSA) is 51.2 Å². The van der Waals surface area contributed by atoms with Gasteiger partial charge in [-0.05, 0) is 62.2 Å². The minimum Gasteiger partial charge on any atom is -0.481 e. The maximum atomic E-state index is 12.3. The monoisotopic (exact) mass is 404 g/mol. The van der Waals surface area contributed by atoms with Gasteiger partial charge in [-0.3, -0.25) is 10.1 Å². The highest BCUT2D eigenvalue weighted by atomic mass is 79.9. The molecule has 1 amide bonds. The Morgan fingerprint density at radius 1 is 1.25 bits per heavy atom. The number of fused-ring (bicyclic) bond motifs is 1. The largest absolute Gasteiger partial charge is 0.481 e. The van der Waals surface area contributed by atoms with Gasteiger partial charge in [0.15, 0.2) is 11.2 Å². The Morgan fingerprint density at radius 3 is 2.67 bits per heavy atom. The van der Waals surface area contributed by atoms with Crippen LogP contribution in [0, 0.1) is 13.8 Å². The summed E-state index contributed by atoms with van der Waals surface area (Å²) in [6.07, 6.45) is -0.610. The fourth-order valence-electron chi connectivity index (χ4n) is 2.40. The second-order valence-electron chi connectivity index (χ2n) is 5.65. The number of carbonyl (C=O) groups is 1. The maximum absolute atomic E-state index is 12.3. The molecule has 1 aromatic heterocycles. The molecule has 124 valence electrons. The molecule has 6 heteroatoms. The summed E-state index contributed by atoms with van der Waals surface area (Å²) in [5, 5.41) is 3.44. The number of aromatic nitrogens is 1. The van der Waals surface area contributed by atoms with Crippen LogP contribution in [0.25, 0.3) is 10.2 Å². The van der Waals surface area contributed by atoms with Crippen LogP contribution in [0.4, 0.5) is 5.13 Å². The number of thiazole rings is 1. The molecular formula is C18H17BrN2O2S. The Labute approximate surface area is 153 Å². The highest BCUT2D eigenvalue weighted by molar-refractivity contribution is 9.10. The number of hydrogen-bond donors (Lipinski definition) is 1. The molecule has 1 heterocycles. The van der Waals surface area contributed by atoms with Crippen molar-refractivity contribution in [3.8, 4) is 5.75 Å². The summed E-state index contributed by atoms with van der Waals surface area (Å²) in [5.41, 5.74) is 3.23. The van der Waals surface area contributed by atoms with E-state index in [4.69, 9.17) is 4.74 Å². The van der Waals surface area contributed by atoms with E-state index in [1.165, 1.54) is 16.9 Å². The third-order valence-electron chi connectivity index (χ3n) is 3.56. The van der Waals surface area contributed by atoms with Gasteiger partial charge in [-0.25, -0.2) is 4.98 Å². The molecule has 0 saturated carbocycles. The van der Waals surface area contributed by atoms with Gasteiger partial charge in [-0.1, -0.05) is 33.3 Å². The highest BCUT2D eigenvalue weighted by Crippen LogP contribution is 2.29. The quantitative estimate of drug-likeness (QED) is 0.659. The number of benzene rings is 2. The molecule has 0 aliphatic rings. The first-order valence-corrected chi connectivity index (χ1v) is 9.14. The summed E-state index contributed by atoms with van der Waals surface area (Å²) < 4.78 is 7.70. The molecule has 0 bridgehead atoms. The third kappa shape index (κ3) is 3.76. The van der Waals surface area contributed by atoms with Gasteiger partial charge in [0.25, 0.3) is 5.91 Å². The van der Waals surface area contributed by atoms with Crippen LogP contribution in [0.3, 0.4) is 0 Å². The average Bonchev–Trinajstić information content (AvgIpc) is 2.92. The van der Waals surface area contributed by atoms with E-state index in [-0.39, 0.29) is 5.91 Å². The summed E-state index contributed by atoms with van der Waals surface area (Å²) in [7, 11) is 0. The van der Waals surface area contributed by atoms with Gasteiger partial charge in [-0.2, -0.15) is 0 Å². The van der Waals surface area contributed by atoms with E-state index in [1.807, 2.05) is 31.2 Å². The minimum atomic E-state index is -0.610. The van der Waals surface area contributed by atoms with Crippen molar-refractivity contribution < 1.29 is 9.53 Å². The molecule has 3 aromatic rings. The molecule has 3 rings (SSSR count). The second-order valence-corrected chi connectivity index (χ2v) is 7.60. The van der Waals surface area contributed by atoms with Crippen LogP contribution in [0.5, 0.6) is 5.75 Å². The van der Waals surface area contributed by atoms with Crippen molar-refractivity contribution in [2.75, 3.05) is 5.32 Å². The lowest BCUT2D eigenvalue weighted by atomic mass is 10.1. The van der Waals surface area contributed by atoms with Crippen molar-refractivity contribution >= 4 is 48.5 Å². The van der Waals surface area contributed by atoms with Gasteiger partial charge < -0.3 is 4.74 Å². The molecule has 0 aliphatic carbocycles. The minimum absolute atomic E-state index is 0.216. The van der Waals surface area contributed by atoms with E-state index in [0.29, 0.717) is 10.9 Å². The van der Waals surface area contributed by atoms with E-state index < -0.39 is 6.10 Å². The van der Waals surface area contributed by atoms with Crippen molar-refractivity contribution in [1.82, 2.24) is 4.98 Å². The van der Waals surface area contributed by atoms with Crippen molar-refractivity contribution in [2.24, 2.45) is 0 Å². The highest BCUT2D eigenvalue weighted by Gasteiger charge is 2.17. The van der Waals surface area contributed by atoms with Crippen molar-refractivity contribution in [3.63, 3.8) is 0 Å². The number of anilines is 1. The van der Waals surface area contributed by atoms with Crippen LogP contribution in [0.1, 0.15) is 18.1 Å². The Kier molecular flexibility index (Phi) is 4.87. The van der Waals surface area contributed by atoms with E-state index in [0.717, 1.165) is 20.3 Å². The predicted molar refractivity (Wildman–Crippen MR) is 102 cm³/mol. The van der Waals surface area contributed by atoms with E-state index in [1.54, 1.807) is 6.92 Å². The number of ether oxygens (including phenoxy) is 1. The molecule has 24 heavy (non-hydrogen) atoms. The Bertz CT molecular complexity index is 890. The van der Waals surface area contributed by atoms with Crippen molar-refractivity contribution in [1.29, 1.82) is 0 Å². The summed E-state index contributed by atoms with van der Waals surface area (Å²) in [4.78, 5) is 16.9. The Hall–Kier alpha value is -1.92.